The number of imidazole rings is 1. The molecular weight excluding hydrogens is 376 g/mol. The van der Waals surface area contributed by atoms with Crippen LogP contribution in [0.1, 0.15) is 19.7 Å². The van der Waals surface area contributed by atoms with Crippen molar-refractivity contribution in [2.45, 2.75) is 18.7 Å². The molecule has 1 aromatic heterocycles. The maximum Gasteiger partial charge on any atom is 0.243 e. The van der Waals surface area contributed by atoms with E-state index in [0.717, 1.165) is 11.0 Å². The predicted molar refractivity (Wildman–Crippen MR) is 108 cm³/mol. The summed E-state index contributed by atoms with van der Waals surface area (Å²) in [5, 5.41) is 13.5. The van der Waals surface area contributed by atoms with Crippen LogP contribution in [0.2, 0.25) is 0 Å². The number of aromatic nitrogens is 2. The second-order valence-electron chi connectivity index (χ2n) is 5.90. The third-order valence-electron chi connectivity index (χ3n) is 4.19. The van der Waals surface area contributed by atoms with Gasteiger partial charge in [0, 0.05) is 13.1 Å². The van der Waals surface area contributed by atoms with Gasteiger partial charge in [-0.25, -0.2) is 13.4 Å². The van der Waals surface area contributed by atoms with Crippen molar-refractivity contribution < 1.29 is 8.42 Å². The maximum atomic E-state index is 12.7. The minimum Gasteiger partial charge on any atom is -0.336 e. The number of rotatable bonds is 7. The number of nitrogens with one attached hydrogen (secondary N) is 2. The number of fused-ring (bicyclic) bond motifs is 1. The Morgan fingerprint density at radius 2 is 1.96 bits per heavy atom. The van der Waals surface area contributed by atoms with Crippen LogP contribution in [-0.4, -0.2) is 41.5 Å². The first-order valence-corrected chi connectivity index (χ1v) is 10.2. The standard InChI is InChI=1S/C19H20N6O2S/c1-3-25(4-2)28(26,27)15-9-7-8-14(12-15)23-24-18(13-20)19-21-16-10-5-6-11-17(16)22-19/h5-12,23H,3-4H2,1-2H3,(H,21,22)/b24-18-. The van der Waals surface area contributed by atoms with Gasteiger partial charge in [-0.05, 0) is 30.3 Å². The summed E-state index contributed by atoms with van der Waals surface area (Å²) in [5.41, 5.74) is 4.80. The van der Waals surface area contributed by atoms with E-state index in [0.29, 0.717) is 24.6 Å². The molecule has 1 heterocycles. The smallest absolute Gasteiger partial charge is 0.243 e. The molecule has 0 aliphatic rings. The highest BCUT2D eigenvalue weighted by Crippen LogP contribution is 2.20. The lowest BCUT2D eigenvalue weighted by atomic mass is 10.3. The number of benzene rings is 2. The van der Waals surface area contributed by atoms with E-state index in [1.807, 2.05) is 30.3 Å². The molecule has 0 fully saturated rings. The number of sulfonamides is 1. The molecule has 0 atom stereocenters. The monoisotopic (exact) mass is 396 g/mol. The quantitative estimate of drug-likeness (QED) is 0.471. The first-order valence-electron chi connectivity index (χ1n) is 8.78. The van der Waals surface area contributed by atoms with Gasteiger partial charge < -0.3 is 4.98 Å². The van der Waals surface area contributed by atoms with E-state index < -0.39 is 10.0 Å². The molecule has 3 aromatic rings. The van der Waals surface area contributed by atoms with E-state index in [1.54, 1.807) is 26.0 Å². The fraction of sp³-hybridized carbons (Fsp3) is 0.211. The molecule has 8 nitrogen and oxygen atoms in total. The van der Waals surface area contributed by atoms with Crippen LogP contribution >= 0.6 is 0 Å². The Morgan fingerprint density at radius 1 is 1.21 bits per heavy atom. The summed E-state index contributed by atoms with van der Waals surface area (Å²) in [6.45, 7) is 4.36. The Bertz CT molecular complexity index is 1120. The molecule has 9 heteroatoms. The van der Waals surface area contributed by atoms with Crippen molar-refractivity contribution in [3.63, 3.8) is 0 Å². The lowest BCUT2D eigenvalue weighted by Gasteiger charge is -2.18. The lowest BCUT2D eigenvalue weighted by molar-refractivity contribution is 0.445. The minimum atomic E-state index is -3.58. The Hall–Kier alpha value is -3.22. The predicted octanol–water partition coefficient (Wildman–Crippen LogP) is 2.93. The molecular formula is C19H20N6O2S. The van der Waals surface area contributed by atoms with Crippen molar-refractivity contribution in [3.05, 3.63) is 54.4 Å². The van der Waals surface area contributed by atoms with Crippen LogP contribution in [0.4, 0.5) is 5.69 Å². The molecule has 2 aromatic carbocycles. The third-order valence-corrected chi connectivity index (χ3v) is 6.24. The first kappa shape index (κ1) is 19.5. The summed E-state index contributed by atoms with van der Waals surface area (Å²) in [6.07, 6.45) is 0. The number of H-pyrrole nitrogens is 1. The molecule has 144 valence electrons. The zero-order chi connectivity index (χ0) is 20.1. The Kier molecular flexibility index (Phi) is 5.73. The molecule has 0 aliphatic heterocycles. The third kappa shape index (κ3) is 3.88. The van der Waals surface area contributed by atoms with Crippen LogP contribution in [-0.2, 0) is 10.0 Å². The fourth-order valence-electron chi connectivity index (χ4n) is 2.75. The Balaban J connectivity index is 1.88. The SMILES string of the molecule is CCN(CC)S(=O)(=O)c1cccc(N/N=C(/C#N)c2nc3ccccc3[nH]2)c1. The number of hydrogen-bond donors (Lipinski definition) is 2. The largest absolute Gasteiger partial charge is 0.336 e. The van der Waals surface area contributed by atoms with Crippen LogP contribution in [0, 0.1) is 11.3 Å². The molecule has 0 radical (unpaired) electrons. The van der Waals surface area contributed by atoms with E-state index in [2.05, 4.69) is 20.5 Å². The molecule has 0 aliphatic carbocycles. The molecule has 0 spiro atoms. The van der Waals surface area contributed by atoms with Gasteiger partial charge in [0.15, 0.2) is 5.82 Å². The van der Waals surface area contributed by atoms with Crippen LogP contribution in [0.5, 0.6) is 0 Å². The normalized spacial score (nSPS) is 12.3. The maximum absolute atomic E-state index is 12.7. The zero-order valence-corrected chi connectivity index (χ0v) is 16.4. The highest BCUT2D eigenvalue weighted by Gasteiger charge is 2.21. The van der Waals surface area contributed by atoms with Crippen LogP contribution in [0.25, 0.3) is 11.0 Å². The van der Waals surface area contributed by atoms with Crippen molar-refractivity contribution in [2.75, 3.05) is 18.5 Å². The zero-order valence-electron chi connectivity index (χ0n) is 15.5. The van der Waals surface area contributed by atoms with Crippen LogP contribution < -0.4 is 5.43 Å². The van der Waals surface area contributed by atoms with Gasteiger partial charge >= 0.3 is 0 Å². The molecule has 0 amide bonds. The van der Waals surface area contributed by atoms with Crippen molar-refractivity contribution in [1.82, 2.24) is 14.3 Å². The fourth-order valence-corrected chi connectivity index (χ4v) is 4.26. The van der Waals surface area contributed by atoms with E-state index in [1.165, 1.54) is 16.4 Å². The molecule has 0 saturated heterocycles. The minimum absolute atomic E-state index is 0.0632. The Morgan fingerprint density at radius 3 is 2.64 bits per heavy atom. The van der Waals surface area contributed by atoms with Crippen molar-refractivity contribution in [3.8, 4) is 6.07 Å². The Labute approximate surface area is 163 Å². The van der Waals surface area contributed by atoms with Crippen LogP contribution in [0.15, 0.2) is 58.5 Å². The van der Waals surface area contributed by atoms with Crippen molar-refractivity contribution in [2.24, 2.45) is 5.10 Å². The summed E-state index contributed by atoms with van der Waals surface area (Å²) in [4.78, 5) is 7.55. The number of hydrogen-bond acceptors (Lipinski definition) is 6. The molecule has 0 unspecified atom stereocenters. The van der Waals surface area contributed by atoms with Gasteiger partial charge in [-0.2, -0.15) is 14.7 Å². The number of anilines is 1. The number of nitriles is 1. The molecule has 3 rings (SSSR count). The average molecular weight is 396 g/mol. The van der Waals surface area contributed by atoms with E-state index >= 15 is 0 Å². The number of hydrazone groups is 1. The van der Waals surface area contributed by atoms with E-state index in [-0.39, 0.29) is 10.6 Å². The summed E-state index contributed by atoms with van der Waals surface area (Å²) in [7, 11) is -3.58. The van der Waals surface area contributed by atoms with Crippen molar-refractivity contribution in [1.29, 1.82) is 5.26 Å². The molecule has 0 bridgehead atoms. The van der Waals surface area contributed by atoms with Gasteiger partial charge in [0.25, 0.3) is 0 Å². The first-order chi connectivity index (χ1) is 13.5. The van der Waals surface area contributed by atoms with Gasteiger partial charge in [0.1, 0.15) is 6.07 Å². The molecule has 28 heavy (non-hydrogen) atoms. The van der Waals surface area contributed by atoms with Gasteiger partial charge in [0.05, 0.1) is 21.6 Å². The highest BCUT2D eigenvalue weighted by molar-refractivity contribution is 7.89. The summed E-state index contributed by atoms with van der Waals surface area (Å²) in [5.74, 6) is 0.336. The number of aromatic amines is 1. The van der Waals surface area contributed by atoms with Gasteiger partial charge in [0.2, 0.25) is 15.7 Å². The highest BCUT2D eigenvalue weighted by atomic mass is 32.2. The van der Waals surface area contributed by atoms with Crippen LogP contribution in [0.3, 0.4) is 0 Å². The number of nitrogens with zero attached hydrogens (tertiary/aromatic N) is 4. The molecule has 2 N–H and O–H groups in total. The van der Waals surface area contributed by atoms with E-state index in [9.17, 15) is 13.7 Å². The second kappa shape index (κ2) is 8.21. The van der Waals surface area contributed by atoms with E-state index in [4.69, 9.17) is 0 Å². The second-order valence-corrected chi connectivity index (χ2v) is 7.84. The summed E-state index contributed by atoms with van der Waals surface area (Å²) >= 11 is 0. The number of para-hydroxylation sites is 2. The van der Waals surface area contributed by atoms with Crippen molar-refractivity contribution >= 4 is 32.5 Å². The average Bonchev–Trinajstić information content (AvgIpc) is 3.13. The topological polar surface area (TPSA) is 114 Å². The van der Waals surface area contributed by atoms with Gasteiger partial charge in [-0.1, -0.05) is 32.0 Å². The summed E-state index contributed by atoms with van der Waals surface area (Å²) in [6, 6.07) is 15.7. The van der Waals surface area contributed by atoms with Gasteiger partial charge in [-0.3, -0.25) is 5.43 Å². The molecule has 0 saturated carbocycles. The lowest BCUT2D eigenvalue weighted by Crippen LogP contribution is -2.30. The summed E-state index contributed by atoms with van der Waals surface area (Å²) < 4.78 is 26.7. The van der Waals surface area contributed by atoms with Gasteiger partial charge in [-0.15, -0.1) is 0 Å².